The van der Waals surface area contributed by atoms with Gasteiger partial charge in [0.1, 0.15) is 0 Å². The zero-order chi connectivity index (χ0) is 33.4. The highest BCUT2D eigenvalue weighted by Gasteiger charge is 2.52. The molecule has 45 heavy (non-hydrogen) atoms. The van der Waals surface area contributed by atoms with E-state index in [-0.39, 0.29) is 17.2 Å². The Hall–Kier alpha value is -1.03. The molecule has 0 radical (unpaired) electrons. The highest BCUT2D eigenvalue weighted by molar-refractivity contribution is 6.99. The van der Waals surface area contributed by atoms with E-state index in [1.54, 1.807) is 0 Å². The van der Waals surface area contributed by atoms with Gasteiger partial charge in [-0.25, -0.2) is 0 Å². The topological polar surface area (TPSA) is 27.7 Å². The van der Waals surface area contributed by atoms with Crippen LogP contribution in [0.4, 0.5) is 0 Å². The lowest BCUT2D eigenvalue weighted by atomic mass is 10.0. The Balaban J connectivity index is 2.73. The zero-order valence-corrected chi connectivity index (χ0v) is 34.1. The van der Waals surface area contributed by atoms with E-state index in [1.165, 1.54) is 48.9 Å². The Bertz CT molecular complexity index is 976. The van der Waals surface area contributed by atoms with Crippen molar-refractivity contribution < 1.29 is 13.3 Å². The molecule has 0 unspecified atom stereocenters. The van der Waals surface area contributed by atoms with Crippen LogP contribution in [-0.2, 0) is 13.3 Å². The number of hydrogen-bond donors (Lipinski definition) is 0. The lowest BCUT2D eigenvalue weighted by Crippen LogP contribution is -2.69. The van der Waals surface area contributed by atoms with Gasteiger partial charge in [0, 0.05) is 0 Å². The first-order valence-corrected chi connectivity index (χ1v) is 25.6. The smallest absolute Gasteiger partial charge is 0.261 e. The third kappa shape index (κ3) is 10.7. The van der Waals surface area contributed by atoms with E-state index in [2.05, 4.69) is 130 Å². The molecule has 0 bridgehead atoms. The molecule has 0 heterocycles. The van der Waals surface area contributed by atoms with Gasteiger partial charge in [0.25, 0.3) is 8.32 Å². The monoisotopic (exact) mass is 670 g/mol. The summed E-state index contributed by atoms with van der Waals surface area (Å²) in [6, 6.07) is 29.2. The second kappa shape index (κ2) is 19.7. The minimum atomic E-state index is -2.77. The van der Waals surface area contributed by atoms with Crippen molar-refractivity contribution >= 4 is 35.3 Å². The number of unbranched alkanes of at least 4 members (excludes halogenated alkanes) is 5. The lowest BCUT2D eigenvalue weighted by Gasteiger charge is -2.48. The molecule has 2 aromatic carbocycles. The van der Waals surface area contributed by atoms with Crippen LogP contribution >= 0.6 is 0 Å². The summed E-state index contributed by atoms with van der Waals surface area (Å²) in [7, 11) is -6.53. The molecule has 0 aliphatic rings. The van der Waals surface area contributed by atoms with Gasteiger partial charge >= 0.3 is 0 Å². The predicted molar refractivity (Wildman–Crippen MR) is 206 cm³/mol. The van der Waals surface area contributed by atoms with Crippen molar-refractivity contribution in [2.24, 2.45) is 0 Å². The Morgan fingerprint density at radius 1 is 0.533 bits per heavy atom. The van der Waals surface area contributed by atoms with E-state index in [9.17, 15) is 0 Å². The quantitative estimate of drug-likeness (QED) is 0.0870. The first-order valence-electron chi connectivity index (χ1n) is 18.7. The number of benzene rings is 2. The highest BCUT2D eigenvalue weighted by atomic mass is 28.4. The van der Waals surface area contributed by atoms with Gasteiger partial charge in [-0.2, -0.15) is 0 Å². The summed E-state index contributed by atoms with van der Waals surface area (Å²) >= 11 is 0. The fraction of sp³-hybridized carbons (Fsp3) is 0.692. The van der Waals surface area contributed by atoms with Crippen LogP contribution in [0.5, 0.6) is 0 Å². The van der Waals surface area contributed by atoms with E-state index in [0.717, 1.165) is 42.7 Å². The molecule has 0 N–H and O–H groups in total. The fourth-order valence-electron chi connectivity index (χ4n) is 7.22. The summed E-state index contributed by atoms with van der Waals surface area (Å²) in [5, 5.41) is 2.62. The molecule has 0 amide bonds. The molecule has 2 rings (SSSR count). The van der Waals surface area contributed by atoms with Gasteiger partial charge in [-0.1, -0.05) is 168 Å². The molecule has 2 atom stereocenters. The van der Waals surface area contributed by atoms with Crippen LogP contribution in [0.2, 0.25) is 41.3 Å². The maximum atomic E-state index is 7.98. The van der Waals surface area contributed by atoms with E-state index in [0.29, 0.717) is 6.61 Å². The molecule has 256 valence electrons. The highest BCUT2D eigenvalue weighted by Crippen LogP contribution is 2.39. The average molecular weight is 671 g/mol. The van der Waals surface area contributed by atoms with Crippen molar-refractivity contribution in [3.63, 3.8) is 0 Å². The summed E-state index contributed by atoms with van der Waals surface area (Å²) in [6.07, 6.45) is 8.62. The minimum Gasteiger partial charge on any atom is -0.414 e. The van der Waals surface area contributed by atoms with Crippen LogP contribution in [0, 0.1) is 0 Å². The van der Waals surface area contributed by atoms with Crippen molar-refractivity contribution in [2.45, 2.75) is 168 Å². The molecule has 0 saturated carbocycles. The molecular weight excluding hydrogens is 601 g/mol. The summed E-state index contributed by atoms with van der Waals surface area (Å²) in [6.45, 7) is 24.2. The van der Waals surface area contributed by atoms with E-state index in [4.69, 9.17) is 13.3 Å². The van der Waals surface area contributed by atoms with Gasteiger partial charge in [0.2, 0.25) is 0 Å². The zero-order valence-electron chi connectivity index (χ0n) is 31.1. The molecule has 0 aromatic heterocycles. The lowest BCUT2D eigenvalue weighted by molar-refractivity contribution is 0.00253. The van der Waals surface area contributed by atoms with Crippen LogP contribution in [0.1, 0.15) is 114 Å². The molecule has 0 fully saturated rings. The molecule has 0 aliphatic heterocycles. The van der Waals surface area contributed by atoms with Crippen LogP contribution < -0.4 is 10.4 Å². The van der Waals surface area contributed by atoms with Crippen LogP contribution in [-0.4, -0.2) is 43.8 Å². The van der Waals surface area contributed by atoms with Crippen molar-refractivity contribution in [1.82, 2.24) is 0 Å². The average Bonchev–Trinajstić information content (AvgIpc) is 3.07. The van der Waals surface area contributed by atoms with Crippen LogP contribution in [0.15, 0.2) is 60.7 Å². The predicted octanol–water partition coefficient (Wildman–Crippen LogP) is 11.1. The van der Waals surface area contributed by atoms with Crippen molar-refractivity contribution in [3.8, 4) is 0 Å². The van der Waals surface area contributed by atoms with Gasteiger partial charge in [0.15, 0.2) is 16.6 Å². The standard InChI is InChI=1S/C39H70O3Si3/c1-11-18-19-20-21-28-33-37(38(41-44(15-5,16-6)17-7)34-40-43(12-2,13-3)14-4)42-45(39(8,9)10,35-29-24-22-25-30-35)36-31-26-23-27-32-36/h22-27,29-32,37-38H,11-21,28,33-34H2,1-10H3/t37-,38+/m0/s1. The van der Waals surface area contributed by atoms with Crippen molar-refractivity contribution in [3.05, 3.63) is 60.7 Å². The maximum absolute atomic E-state index is 7.98. The molecule has 0 saturated heterocycles. The van der Waals surface area contributed by atoms with Gasteiger partial charge in [-0.05, 0) is 58.1 Å². The molecule has 0 aliphatic carbocycles. The normalized spacial score (nSPS) is 14.4. The summed E-state index contributed by atoms with van der Waals surface area (Å²) < 4.78 is 22.7. The molecule has 3 nitrogen and oxygen atoms in total. The van der Waals surface area contributed by atoms with Gasteiger partial charge in [-0.3, -0.25) is 0 Å². The fourth-order valence-corrected chi connectivity index (χ4v) is 17.4. The summed E-state index contributed by atoms with van der Waals surface area (Å²) in [4.78, 5) is 0. The van der Waals surface area contributed by atoms with Crippen LogP contribution in [0.25, 0.3) is 0 Å². The Morgan fingerprint density at radius 2 is 0.978 bits per heavy atom. The van der Waals surface area contributed by atoms with E-state index in [1.807, 2.05) is 0 Å². The van der Waals surface area contributed by atoms with Crippen LogP contribution in [0.3, 0.4) is 0 Å². The molecule has 6 heteroatoms. The Labute approximate surface area is 282 Å². The van der Waals surface area contributed by atoms with E-state index >= 15 is 0 Å². The van der Waals surface area contributed by atoms with E-state index < -0.39 is 25.0 Å². The third-order valence-corrected chi connectivity index (χ3v) is 25.2. The first-order chi connectivity index (χ1) is 21.6. The Morgan fingerprint density at radius 3 is 1.40 bits per heavy atom. The van der Waals surface area contributed by atoms with Gasteiger partial charge < -0.3 is 13.3 Å². The molecule has 0 spiro atoms. The van der Waals surface area contributed by atoms with Gasteiger partial charge in [0.05, 0.1) is 18.8 Å². The SMILES string of the molecule is CCCCCCCC[C@H](O[Si](c1ccccc1)(c1ccccc1)C(C)(C)C)[C@@H](CO[Si](CC)(CC)CC)O[Si](CC)(CC)CC. The number of hydrogen-bond acceptors (Lipinski definition) is 3. The second-order valence-corrected chi connectivity index (χ2v) is 28.1. The maximum Gasteiger partial charge on any atom is 0.261 e. The Kier molecular flexibility index (Phi) is 17.6. The molecule has 2 aromatic rings. The summed E-state index contributed by atoms with van der Waals surface area (Å²) in [5.41, 5.74) is 0. The van der Waals surface area contributed by atoms with Gasteiger partial charge in [-0.15, -0.1) is 0 Å². The first kappa shape index (κ1) is 40.1. The summed E-state index contributed by atoms with van der Waals surface area (Å²) in [5.74, 6) is 0. The van der Waals surface area contributed by atoms with Crippen molar-refractivity contribution in [2.75, 3.05) is 6.61 Å². The van der Waals surface area contributed by atoms with Crippen molar-refractivity contribution in [1.29, 1.82) is 0 Å². The number of rotatable bonds is 23. The largest absolute Gasteiger partial charge is 0.414 e. The minimum absolute atomic E-state index is 0.0173. The second-order valence-electron chi connectivity index (χ2n) is 14.3. The molecular formula is C39H70O3Si3. The third-order valence-electron chi connectivity index (χ3n) is 10.8.